The monoisotopic (exact) mass is 330 g/mol. The predicted octanol–water partition coefficient (Wildman–Crippen LogP) is 4.28. The third kappa shape index (κ3) is 3.79. The first-order chi connectivity index (χ1) is 9.09. The normalized spacial score (nSPS) is 9.70. The molecule has 2 aromatic carbocycles. The molecule has 0 radical (unpaired) electrons. The Labute approximate surface area is 133 Å². The highest BCUT2D eigenvalue weighted by atomic mass is 35.5. The van der Waals surface area contributed by atoms with Gasteiger partial charge < -0.3 is 10.5 Å². The topological polar surface area (TPSA) is 59.1 Å². The maximum absolute atomic E-state index is 7.49. The van der Waals surface area contributed by atoms with E-state index in [4.69, 9.17) is 39.1 Å². The summed E-state index contributed by atoms with van der Waals surface area (Å²) in [4.78, 5) is 0. The Morgan fingerprint density at radius 3 is 2.25 bits per heavy atom. The van der Waals surface area contributed by atoms with Crippen LogP contribution in [-0.2, 0) is 6.61 Å². The van der Waals surface area contributed by atoms with Crippen molar-refractivity contribution >= 4 is 41.4 Å². The molecule has 0 atom stereocenters. The van der Waals surface area contributed by atoms with Gasteiger partial charge in [0.15, 0.2) is 0 Å². The van der Waals surface area contributed by atoms with E-state index in [-0.39, 0.29) is 24.8 Å². The fourth-order valence-corrected chi connectivity index (χ4v) is 2.14. The molecular weight excluding hydrogens is 319 g/mol. The van der Waals surface area contributed by atoms with Gasteiger partial charge in [0.05, 0.1) is 5.56 Å². The summed E-state index contributed by atoms with van der Waals surface area (Å²) < 4.78 is 5.66. The number of hydrogen-bond acceptors (Lipinski definition) is 2. The fourth-order valence-electron chi connectivity index (χ4n) is 1.64. The van der Waals surface area contributed by atoms with Gasteiger partial charge in [0.1, 0.15) is 18.2 Å². The summed E-state index contributed by atoms with van der Waals surface area (Å²) in [6.45, 7) is 0.225. The van der Waals surface area contributed by atoms with Crippen molar-refractivity contribution in [2.75, 3.05) is 0 Å². The van der Waals surface area contributed by atoms with Gasteiger partial charge >= 0.3 is 0 Å². The first kappa shape index (κ1) is 16.6. The van der Waals surface area contributed by atoms with E-state index in [1.807, 2.05) is 6.07 Å². The Morgan fingerprint density at radius 2 is 1.65 bits per heavy atom. The van der Waals surface area contributed by atoms with Gasteiger partial charge in [-0.15, -0.1) is 12.4 Å². The largest absolute Gasteiger partial charge is 0.488 e. The van der Waals surface area contributed by atoms with Crippen molar-refractivity contribution < 1.29 is 4.74 Å². The van der Waals surface area contributed by atoms with E-state index in [0.717, 1.165) is 0 Å². The van der Waals surface area contributed by atoms with Crippen molar-refractivity contribution in [2.24, 2.45) is 5.73 Å². The van der Waals surface area contributed by atoms with Gasteiger partial charge in [0, 0.05) is 15.6 Å². The number of benzene rings is 2. The number of rotatable bonds is 4. The first-order valence-corrected chi connectivity index (χ1v) is 6.34. The minimum Gasteiger partial charge on any atom is -0.488 e. The molecule has 6 heteroatoms. The Morgan fingerprint density at radius 1 is 1.05 bits per heavy atom. The summed E-state index contributed by atoms with van der Waals surface area (Å²) in [6, 6.07) is 12.4. The summed E-state index contributed by atoms with van der Waals surface area (Å²) in [5.74, 6) is 0.492. The van der Waals surface area contributed by atoms with E-state index < -0.39 is 0 Å². The molecular formula is C14H13Cl3N2O. The lowest BCUT2D eigenvalue weighted by Gasteiger charge is -2.12. The second-order valence-electron chi connectivity index (χ2n) is 3.90. The summed E-state index contributed by atoms with van der Waals surface area (Å²) in [5, 5.41) is 8.59. The molecule has 0 aliphatic heterocycles. The zero-order valence-electron chi connectivity index (χ0n) is 10.4. The molecule has 0 unspecified atom stereocenters. The Balaban J connectivity index is 0.00000200. The van der Waals surface area contributed by atoms with Crippen LogP contribution in [0.3, 0.4) is 0 Å². The molecule has 0 heterocycles. The highest BCUT2D eigenvalue weighted by Crippen LogP contribution is 2.26. The van der Waals surface area contributed by atoms with E-state index >= 15 is 0 Å². The third-order valence-corrected chi connectivity index (χ3v) is 3.32. The van der Waals surface area contributed by atoms with Crippen LogP contribution in [0.2, 0.25) is 10.0 Å². The summed E-state index contributed by atoms with van der Waals surface area (Å²) >= 11 is 12.1. The van der Waals surface area contributed by atoms with Crippen LogP contribution in [-0.4, -0.2) is 5.84 Å². The van der Waals surface area contributed by atoms with Gasteiger partial charge in [0.2, 0.25) is 0 Å². The second kappa shape index (κ2) is 7.39. The van der Waals surface area contributed by atoms with Gasteiger partial charge in [-0.1, -0.05) is 41.4 Å². The number of nitrogen functional groups attached to an aromatic ring is 1. The average Bonchev–Trinajstić information content (AvgIpc) is 2.38. The van der Waals surface area contributed by atoms with Crippen molar-refractivity contribution in [1.29, 1.82) is 5.41 Å². The molecule has 0 spiro atoms. The van der Waals surface area contributed by atoms with Crippen molar-refractivity contribution in [2.45, 2.75) is 6.61 Å². The number of halogens is 3. The third-order valence-electron chi connectivity index (χ3n) is 2.61. The molecule has 0 bridgehead atoms. The van der Waals surface area contributed by atoms with Crippen molar-refractivity contribution in [3.8, 4) is 5.75 Å². The molecule has 0 amide bonds. The maximum atomic E-state index is 7.49. The van der Waals surface area contributed by atoms with Crippen LogP contribution >= 0.6 is 35.6 Å². The van der Waals surface area contributed by atoms with Gasteiger partial charge in [-0.05, 0) is 24.3 Å². The molecule has 0 saturated carbocycles. The van der Waals surface area contributed by atoms with Crippen LogP contribution in [0.25, 0.3) is 0 Å². The molecule has 3 nitrogen and oxygen atoms in total. The van der Waals surface area contributed by atoms with E-state index in [1.165, 1.54) is 0 Å². The number of nitrogens with two attached hydrogens (primary N) is 1. The zero-order chi connectivity index (χ0) is 13.8. The van der Waals surface area contributed by atoms with Crippen LogP contribution in [0.1, 0.15) is 11.1 Å². The minimum absolute atomic E-state index is 0. The molecule has 3 N–H and O–H groups in total. The number of amidine groups is 1. The van der Waals surface area contributed by atoms with E-state index in [9.17, 15) is 0 Å². The fraction of sp³-hybridized carbons (Fsp3) is 0.0714. The highest BCUT2D eigenvalue weighted by Gasteiger charge is 2.09. The number of nitrogens with one attached hydrogen (secondary N) is 1. The van der Waals surface area contributed by atoms with Gasteiger partial charge in [0.25, 0.3) is 0 Å². The Bertz CT molecular complexity index is 597. The van der Waals surface area contributed by atoms with Crippen LogP contribution in [0.5, 0.6) is 5.75 Å². The number of para-hydroxylation sites is 1. The summed E-state index contributed by atoms with van der Waals surface area (Å²) in [7, 11) is 0. The SMILES string of the molecule is Cl.N=C(N)c1ccccc1OCc1c(Cl)cccc1Cl. The molecule has 20 heavy (non-hydrogen) atoms. The van der Waals surface area contributed by atoms with Crippen molar-refractivity contribution in [3.05, 3.63) is 63.6 Å². The molecule has 0 aromatic heterocycles. The maximum Gasteiger partial charge on any atom is 0.130 e. The molecule has 2 rings (SSSR count). The second-order valence-corrected chi connectivity index (χ2v) is 4.71. The predicted molar refractivity (Wildman–Crippen MR) is 85.5 cm³/mol. The summed E-state index contributed by atoms with van der Waals surface area (Å²) in [6.07, 6.45) is 0. The van der Waals surface area contributed by atoms with E-state index in [0.29, 0.717) is 26.9 Å². The van der Waals surface area contributed by atoms with Crippen LogP contribution in [0.4, 0.5) is 0 Å². The molecule has 0 fully saturated rings. The average molecular weight is 332 g/mol. The first-order valence-electron chi connectivity index (χ1n) is 5.58. The standard InChI is InChI=1S/C14H12Cl2N2O.ClH/c15-11-5-3-6-12(16)10(11)8-19-13-7-2-1-4-9(13)14(17)18;/h1-7H,8H2,(H3,17,18);1H. The van der Waals surface area contributed by atoms with Crippen LogP contribution < -0.4 is 10.5 Å². The van der Waals surface area contributed by atoms with Crippen LogP contribution in [0, 0.1) is 5.41 Å². The number of ether oxygens (including phenoxy) is 1. The molecule has 0 aliphatic rings. The smallest absolute Gasteiger partial charge is 0.130 e. The minimum atomic E-state index is -0.0409. The molecule has 0 saturated heterocycles. The lowest BCUT2D eigenvalue weighted by atomic mass is 10.2. The quantitative estimate of drug-likeness (QED) is 0.649. The Kier molecular flexibility index (Phi) is 6.14. The zero-order valence-corrected chi connectivity index (χ0v) is 12.7. The van der Waals surface area contributed by atoms with E-state index in [2.05, 4.69) is 0 Å². The van der Waals surface area contributed by atoms with Crippen LogP contribution in [0.15, 0.2) is 42.5 Å². The van der Waals surface area contributed by atoms with Crippen molar-refractivity contribution in [3.63, 3.8) is 0 Å². The lowest BCUT2D eigenvalue weighted by Crippen LogP contribution is -2.13. The van der Waals surface area contributed by atoms with Gasteiger partial charge in [-0.3, -0.25) is 5.41 Å². The summed E-state index contributed by atoms with van der Waals surface area (Å²) in [5.41, 5.74) is 6.75. The van der Waals surface area contributed by atoms with Gasteiger partial charge in [-0.25, -0.2) is 0 Å². The molecule has 0 aliphatic carbocycles. The van der Waals surface area contributed by atoms with Gasteiger partial charge in [-0.2, -0.15) is 0 Å². The highest BCUT2D eigenvalue weighted by molar-refractivity contribution is 6.35. The van der Waals surface area contributed by atoms with E-state index in [1.54, 1.807) is 36.4 Å². The molecule has 2 aromatic rings. The molecule has 106 valence electrons. The Hall–Kier alpha value is -1.42. The number of hydrogen-bond donors (Lipinski definition) is 2. The lowest BCUT2D eigenvalue weighted by molar-refractivity contribution is 0.306. The van der Waals surface area contributed by atoms with Crippen molar-refractivity contribution in [1.82, 2.24) is 0 Å².